The Kier molecular flexibility index (Phi) is 3.45. The fourth-order valence-corrected chi connectivity index (χ4v) is 1.35. The first-order valence-electron chi connectivity index (χ1n) is 4.50. The first-order valence-corrected chi connectivity index (χ1v) is 4.50. The number of nitrogens with one attached hydrogen (secondary N) is 1. The maximum Gasteiger partial charge on any atom is 0.0951 e. The topological polar surface area (TPSA) is 50.1 Å². The molecule has 0 spiro atoms. The fourth-order valence-electron chi connectivity index (χ4n) is 1.35. The van der Waals surface area contributed by atoms with Crippen LogP contribution in [0.25, 0.3) is 0 Å². The monoisotopic (exact) mass is 183 g/mol. The Hall–Kier alpha value is -0.870. The Morgan fingerprint density at radius 1 is 1.62 bits per heavy atom. The first kappa shape index (κ1) is 10.2. The number of aromatic nitrogens is 2. The molecule has 0 amide bonds. The van der Waals surface area contributed by atoms with Crippen LogP contribution >= 0.6 is 0 Å². The van der Waals surface area contributed by atoms with Crippen LogP contribution in [0.5, 0.6) is 0 Å². The quantitative estimate of drug-likeness (QED) is 0.723. The molecule has 0 saturated carbocycles. The van der Waals surface area contributed by atoms with Gasteiger partial charge >= 0.3 is 0 Å². The molecule has 1 aromatic heterocycles. The van der Waals surface area contributed by atoms with Crippen LogP contribution in [0.15, 0.2) is 12.5 Å². The van der Waals surface area contributed by atoms with Gasteiger partial charge in [0, 0.05) is 12.2 Å². The lowest BCUT2D eigenvalue weighted by Gasteiger charge is -2.18. The highest BCUT2D eigenvalue weighted by Gasteiger charge is 2.13. The third-order valence-electron chi connectivity index (χ3n) is 2.14. The summed E-state index contributed by atoms with van der Waals surface area (Å²) in [7, 11) is 1.83. The van der Waals surface area contributed by atoms with Crippen LogP contribution in [0.4, 0.5) is 0 Å². The SMILES string of the molecule is CNC(CO)c1cncn1C(C)C. The molecule has 0 bridgehead atoms. The minimum Gasteiger partial charge on any atom is -0.394 e. The number of nitrogens with zero attached hydrogens (tertiary/aromatic N) is 2. The highest BCUT2D eigenvalue weighted by molar-refractivity contribution is 5.06. The molecule has 0 saturated heterocycles. The van der Waals surface area contributed by atoms with E-state index in [1.807, 2.05) is 7.05 Å². The van der Waals surface area contributed by atoms with Crippen molar-refractivity contribution in [3.8, 4) is 0 Å². The van der Waals surface area contributed by atoms with Crippen LogP contribution in [0, 0.1) is 0 Å². The molecule has 13 heavy (non-hydrogen) atoms. The van der Waals surface area contributed by atoms with Gasteiger partial charge in [0.1, 0.15) is 0 Å². The Morgan fingerprint density at radius 2 is 2.31 bits per heavy atom. The average Bonchev–Trinajstić information content (AvgIpc) is 2.55. The van der Waals surface area contributed by atoms with Crippen molar-refractivity contribution in [3.05, 3.63) is 18.2 Å². The van der Waals surface area contributed by atoms with E-state index >= 15 is 0 Å². The molecule has 4 heteroatoms. The van der Waals surface area contributed by atoms with Gasteiger partial charge in [-0.2, -0.15) is 0 Å². The van der Waals surface area contributed by atoms with Crippen LogP contribution < -0.4 is 5.32 Å². The third kappa shape index (κ3) is 2.08. The molecular weight excluding hydrogens is 166 g/mol. The summed E-state index contributed by atoms with van der Waals surface area (Å²) >= 11 is 0. The normalized spacial score (nSPS) is 13.6. The van der Waals surface area contributed by atoms with Gasteiger partial charge in [-0.3, -0.25) is 0 Å². The molecule has 0 aromatic carbocycles. The number of aliphatic hydroxyl groups excluding tert-OH is 1. The van der Waals surface area contributed by atoms with E-state index < -0.39 is 0 Å². The van der Waals surface area contributed by atoms with Crippen molar-refractivity contribution >= 4 is 0 Å². The summed E-state index contributed by atoms with van der Waals surface area (Å²) in [5, 5.41) is 12.1. The lowest BCUT2D eigenvalue weighted by Crippen LogP contribution is -2.23. The number of aliphatic hydroxyl groups is 1. The standard InChI is InChI=1S/C9H17N3O/c1-7(2)12-6-11-4-9(12)8(5-13)10-3/h4,6-8,10,13H,5H2,1-3H3. The summed E-state index contributed by atoms with van der Waals surface area (Å²) in [6, 6.07) is 0.352. The van der Waals surface area contributed by atoms with Crippen molar-refractivity contribution in [2.75, 3.05) is 13.7 Å². The van der Waals surface area contributed by atoms with E-state index in [0.717, 1.165) is 5.69 Å². The van der Waals surface area contributed by atoms with E-state index in [1.54, 1.807) is 12.5 Å². The van der Waals surface area contributed by atoms with Gasteiger partial charge in [0.25, 0.3) is 0 Å². The van der Waals surface area contributed by atoms with Gasteiger partial charge in [-0.1, -0.05) is 0 Å². The number of rotatable bonds is 4. The largest absolute Gasteiger partial charge is 0.394 e. The predicted molar refractivity (Wildman–Crippen MR) is 51.5 cm³/mol. The van der Waals surface area contributed by atoms with Crippen molar-refractivity contribution in [1.29, 1.82) is 0 Å². The molecular formula is C9H17N3O. The summed E-state index contributed by atoms with van der Waals surface area (Å²) < 4.78 is 2.05. The van der Waals surface area contributed by atoms with Crippen LogP contribution in [-0.2, 0) is 0 Å². The van der Waals surface area contributed by atoms with E-state index in [9.17, 15) is 0 Å². The highest BCUT2D eigenvalue weighted by Crippen LogP contribution is 2.15. The second kappa shape index (κ2) is 4.39. The first-order chi connectivity index (χ1) is 6.20. The molecule has 0 aliphatic carbocycles. The van der Waals surface area contributed by atoms with E-state index in [4.69, 9.17) is 5.11 Å². The van der Waals surface area contributed by atoms with Gasteiger partial charge in [0.2, 0.25) is 0 Å². The maximum atomic E-state index is 9.10. The molecule has 0 radical (unpaired) electrons. The number of hydrogen-bond acceptors (Lipinski definition) is 3. The van der Waals surface area contributed by atoms with Crippen molar-refractivity contribution in [1.82, 2.24) is 14.9 Å². The molecule has 74 valence electrons. The van der Waals surface area contributed by atoms with Gasteiger partial charge in [-0.25, -0.2) is 4.98 Å². The Bertz CT molecular complexity index is 253. The zero-order valence-electron chi connectivity index (χ0n) is 8.36. The Morgan fingerprint density at radius 3 is 2.77 bits per heavy atom. The molecule has 1 unspecified atom stereocenters. The van der Waals surface area contributed by atoms with Crippen LogP contribution in [0.2, 0.25) is 0 Å². The number of likely N-dealkylation sites (N-methyl/N-ethyl adjacent to an activating group) is 1. The van der Waals surface area contributed by atoms with Crippen LogP contribution in [0.1, 0.15) is 31.6 Å². The molecule has 1 heterocycles. The zero-order valence-corrected chi connectivity index (χ0v) is 8.36. The van der Waals surface area contributed by atoms with Crippen molar-refractivity contribution in [3.63, 3.8) is 0 Å². The predicted octanol–water partition coefficient (Wildman–Crippen LogP) is 0.717. The second-order valence-electron chi connectivity index (χ2n) is 3.34. The van der Waals surface area contributed by atoms with Crippen molar-refractivity contribution in [2.24, 2.45) is 0 Å². The fraction of sp³-hybridized carbons (Fsp3) is 0.667. The lowest BCUT2D eigenvalue weighted by atomic mass is 10.2. The molecule has 4 nitrogen and oxygen atoms in total. The molecule has 0 aliphatic heterocycles. The summed E-state index contributed by atoms with van der Waals surface area (Å²) in [5.41, 5.74) is 1.03. The second-order valence-corrected chi connectivity index (χ2v) is 3.34. The van der Waals surface area contributed by atoms with Gasteiger partial charge in [-0.05, 0) is 20.9 Å². The minimum atomic E-state index is -0.0232. The zero-order chi connectivity index (χ0) is 9.84. The summed E-state index contributed by atoms with van der Waals surface area (Å²) in [4.78, 5) is 4.07. The number of imidazole rings is 1. The van der Waals surface area contributed by atoms with E-state index in [-0.39, 0.29) is 12.6 Å². The lowest BCUT2D eigenvalue weighted by molar-refractivity contribution is 0.244. The molecule has 1 atom stereocenters. The van der Waals surface area contributed by atoms with Crippen LogP contribution in [0.3, 0.4) is 0 Å². The molecule has 2 N–H and O–H groups in total. The Labute approximate surface area is 78.6 Å². The van der Waals surface area contributed by atoms with E-state index in [2.05, 4.69) is 28.7 Å². The summed E-state index contributed by atoms with van der Waals surface area (Å²) in [5.74, 6) is 0. The maximum absolute atomic E-state index is 9.10. The molecule has 0 aliphatic rings. The molecule has 1 aromatic rings. The highest BCUT2D eigenvalue weighted by atomic mass is 16.3. The minimum absolute atomic E-state index is 0.0232. The van der Waals surface area contributed by atoms with Gasteiger partial charge in [0.15, 0.2) is 0 Å². The average molecular weight is 183 g/mol. The van der Waals surface area contributed by atoms with Crippen LogP contribution in [-0.4, -0.2) is 28.3 Å². The summed E-state index contributed by atoms with van der Waals surface area (Å²) in [6.45, 7) is 4.28. The third-order valence-corrected chi connectivity index (χ3v) is 2.14. The van der Waals surface area contributed by atoms with Crippen molar-refractivity contribution < 1.29 is 5.11 Å². The van der Waals surface area contributed by atoms with Crippen molar-refractivity contribution in [2.45, 2.75) is 25.9 Å². The van der Waals surface area contributed by atoms with E-state index in [0.29, 0.717) is 6.04 Å². The van der Waals surface area contributed by atoms with Gasteiger partial charge in [-0.15, -0.1) is 0 Å². The van der Waals surface area contributed by atoms with Gasteiger partial charge < -0.3 is 15.0 Å². The molecule has 0 fully saturated rings. The smallest absolute Gasteiger partial charge is 0.0951 e. The summed E-state index contributed by atoms with van der Waals surface area (Å²) in [6.07, 6.45) is 3.58. The molecule has 1 rings (SSSR count). The Balaban J connectivity index is 2.91. The van der Waals surface area contributed by atoms with E-state index in [1.165, 1.54) is 0 Å². The number of hydrogen-bond donors (Lipinski definition) is 2. The van der Waals surface area contributed by atoms with Gasteiger partial charge in [0.05, 0.1) is 24.7 Å².